The first-order valence-electron chi connectivity index (χ1n) is 8.20. The molecule has 1 aliphatic carbocycles. The highest BCUT2D eigenvalue weighted by molar-refractivity contribution is 5.92. The Morgan fingerprint density at radius 1 is 1.26 bits per heavy atom. The lowest BCUT2D eigenvalue weighted by atomic mass is 9.87. The summed E-state index contributed by atoms with van der Waals surface area (Å²) < 4.78 is 5.41. The minimum absolute atomic E-state index is 0.181. The van der Waals surface area contributed by atoms with Crippen LogP contribution in [0.3, 0.4) is 0 Å². The van der Waals surface area contributed by atoms with Crippen molar-refractivity contribution < 1.29 is 9.21 Å². The molecule has 0 bridgehead atoms. The van der Waals surface area contributed by atoms with Gasteiger partial charge < -0.3 is 15.5 Å². The number of oxazole rings is 1. The average Bonchev–Trinajstić information content (AvgIpc) is 3.07. The zero-order chi connectivity index (χ0) is 16.2. The Balaban J connectivity index is 1.63. The van der Waals surface area contributed by atoms with Gasteiger partial charge >= 0.3 is 0 Å². The number of nitrogens with two attached hydrogens (primary N) is 1. The van der Waals surface area contributed by atoms with Gasteiger partial charge in [-0.3, -0.25) is 4.79 Å². The molecule has 5 nitrogen and oxygen atoms in total. The van der Waals surface area contributed by atoms with Gasteiger partial charge in [0.15, 0.2) is 5.69 Å². The summed E-state index contributed by atoms with van der Waals surface area (Å²) in [5, 5.41) is 3.05. The molecular weight excluding hydrogens is 290 g/mol. The molecule has 0 spiro atoms. The van der Waals surface area contributed by atoms with E-state index in [-0.39, 0.29) is 11.9 Å². The molecule has 1 aliphatic rings. The van der Waals surface area contributed by atoms with Crippen LogP contribution >= 0.6 is 0 Å². The molecule has 1 aromatic carbocycles. The molecule has 1 aromatic heterocycles. The van der Waals surface area contributed by atoms with Gasteiger partial charge in [-0.25, -0.2) is 4.98 Å². The maximum Gasteiger partial charge on any atom is 0.273 e. The first-order chi connectivity index (χ1) is 11.1. The molecule has 0 radical (unpaired) electrons. The monoisotopic (exact) mass is 313 g/mol. The molecule has 1 saturated carbocycles. The number of hydrogen-bond acceptors (Lipinski definition) is 4. The van der Waals surface area contributed by atoms with Gasteiger partial charge in [-0.2, -0.15) is 0 Å². The van der Waals surface area contributed by atoms with Gasteiger partial charge in [-0.05, 0) is 37.2 Å². The molecule has 0 saturated heterocycles. The lowest BCUT2D eigenvalue weighted by Gasteiger charge is -2.26. The first-order valence-corrected chi connectivity index (χ1v) is 8.20. The highest BCUT2D eigenvalue weighted by atomic mass is 16.3. The third kappa shape index (κ3) is 3.79. The number of carbonyl (C=O) groups is 1. The third-order valence-electron chi connectivity index (χ3n) is 4.53. The molecule has 1 fully saturated rings. The average molecular weight is 313 g/mol. The second kappa shape index (κ2) is 6.96. The van der Waals surface area contributed by atoms with Crippen LogP contribution in [-0.2, 0) is 0 Å². The fourth-order valence-corrected chi connectivity index (χ4v) is 3.00. The third-order valence-corrected chi connectivity index (χ3v) is 4.53. The molecule has 1 heterocycles. The molecule has 1 amide bonds. The Hall–Kier alpha value is -2.14. The maximum absolute atomic E-state index is 12.3. The van der Waals surface area contributed by atoms with Crippen LogP contribution in [0.25, 0.3) is 0 Å². The summed E-state index contributed by atoms with van der Waals surface area (Å²) in [6.45, 7) is 2.26. The van der Waals surface area contributed by atoms with Crippen LogP contribution < -0.4 is 11.1 Å². The van der Waals surface area contributed by atoms with Crippen LogP contribution in [0.5, 0.6) is 0 Å². The highest BCUT2D eigenvalue weighted by Gasteiger charge is 2.23. The van der Waals surface area contributed by atoms with Crippen molar-refractivity contribution in [2.24, 2.45) is 11.7 Å². The van der Waals surface area contributed by atoms with E-state index in [4.69, 9.17) is 10.2 Å². The number of amides is 1. The number of nitrogens with zero attached hydrogens (tertiary/aromatic N) is 1. The zero-order valence-corrected chi connectivity index (χ0v) is 13.4. The maximum atomic E-state index is 12.3. The molecule has 2 aromatic rings. The van der Waals surface area contributed by atoms with Gasteiger partial charge in [-0.1, -0.05) is 37.3 Å². The summed E-state index contributed by atoms with van der Waals surface area (Å²) in [6.07, 6.45) is 5.77. The Bertz CT molecular complexity index is 645. The smallest absolute Gasteiger partial charge is 0.273 e. The predicted molar refractivity (Wildman–Crippen MR) is 87.9 cm³/mol. The van der Waals surface area contributed by atoms with Crippen molar-refractivity contribution >= 4 is 5.91 Å². The van der Waals surface area contributed by atoms with Crippen LogP contribution in [0.15, 0.2) is 41.0 Å². The van der Waals surface area contributed by atoms with Gasteiger partial charge in [0, 0.05) is 6.04 Å². The molecule has 23 heavy (non-hydrogen) atoms. The summed E-state index contributed by atoms with van der Waals surface area (Å²) in [7, 11) is 0. The summed E-state index contributed by atoms with van der Waals surface area (Å²) >= 11 is 0. The number of hydrogen-bond donors (Lipinski definition) is 2. The summed E-state index contributed by atoms with van der Waals surface area (Å²) in [6, 6.07) is 9.35. The molecule has 1 unspecified atom stereocenters. The van der Waals surface area contributed by atoms with E-state index >= 15 is 0 Å². The van der Waals surface area contributed by atoms with Crippen molar-refractivity contribution in [1.82, 2.24) is 10.3 Å². The Morgan fingerprint density at radius 2 is 1.96 bits per heavy atom. The Labute approximate surface area is 136 Å². The van der Waals surface area contributed by atoms with Crippen molar-refractivity contribution in [3.05, 3.63) is 53.7 Å². The molecule has 122 valence electrons. The predicted octanol–water partition coefficient (Wildman–Crippen LogP) is 3.03. The molecular formula is C18H23N3O2. The fourth-order valence-electron chi connectivity index (χ4n) is 3.00. The summed E-state index contributed by atoms with van der Waals surface area (Å²) in [4.78, 5) is 16.6. The second-order valence-electron chi connectivity index (χ2n) is 6.39. The van der Waals surface area contributed by atoms with Crippen LogP contribution in [-0.4, -0.2) is 16.9 Å². The van der Waals surface area contributed by atoms with Gasteiger partial charge in [0.05, 0.1) is 0 Å². The normalized spacial score (nSPS) is 22.5. The van der Waals surface area contributed by atoms with Gasteiger partial charge in [0.2, 0.25) is 5.89 Å². The van der Waals surface area contributed by atoms with E-state index in [9.17, 15) is 4.79 Å². The Kier molecular flexibility index (Phi) is 4.76. The molecule has 0 aliphatic heterocycles. The van der Waals surface area contributed by atoms with E-state index in [1.165, 1.54) is 6.26 Å². The van der Waals surface area contributed by atoms with Crippen LogP contribution in [0.4, 0.5) is 0 Å². The van der Waals surface area contributed by atoms with E-state index in [1.54, 1.807) is 0 Å². The van der Waals surface area contributed by atoms with Crippen molar-refractivity contribution in [3.63, 3.8) is 0 Å². The SMILES string of the molecule is CC1CCC(NC(=O)c2coc(C(N)c3ccccc3)n2)CC1. The van der Waals surface area contributed by atoms with Crippen molar-refractivity contribution in [1.29, 1.82) is 0 Å². The van der Waals surface area contributed by atoms with Gasteiger partial charge in [-0.15, -0.1) is 0 Å². The van der Waals surface area contributed by atoms with Crippen LogP contribution in [0.1, 0.15) is 60.6 Å². The second-order valence-corrected chi connectivity index (χ2v) is 6.39. The van der Waals surface area contributed by atoms with Crippen molar-refractivity contribution in [2.45, 2.75) is 44.7 Å². The molecule has 5 heteroatoms. The number of aromatic nitrogens is 1. The van der Waals surface area contributed by atoms with E-state index in [0.717, 1.165) is 37.2 Å². The van der Waals surface area contributed by atoms with Crippen LogP contribution in [0, 0.1) is 5.92 Å². The highest BCUT2D eigenvalue weighted by Crippen LogP contribution is 2.24. The molecule has 1 atom stereocenters. The number of benzene rings is 1. The number of nitrogens with one attached hydrogen (secondary N) is 1. The topological polar surface area (TPSA) is 81.2 Å². The lowest BCUT2D eigenvalue weighted by Crippen LogP contribution is -2.37. The lowest BCUT2D eigenvalue weighted by molar-refractivity contribution is 0.0918. The van der Waals surface area contributed by atoms with Crippen LogP contribution in [0.2, 0.25) is 0 Å². The number of rotatable bonds is 4. The molecule has 3 rings (SSSR count). The van der Waals surface area contributed by atoms with Crippen molar-refractivity contribution in [2.75, 3.05) is 0 Å². The molecule has 3 N–H and O–H groups in total. The zero-order valence-electron chi connectivity index (χ0n) is 13.4. The number of carbonyl (C=O) groups excluding carboxylic acids is 1. The van der Waals surface area contributed by atoms with Gasteiger partial charge in [0.25, 0.3) is 5.91 Å². The van der Waals surface area contributed by atoms with E-state index < -0.39 is 6.04 Å². The minimum Gasteiger partial charge on any atom is -0.446 e. The summed E-state index contributed by atoms with van der Waals surface area (Å²) in [5.41, 5.74) is 7.34. The van der Waals surface area contributed by atoms with E-state index in [1.807, 2.05) is 30.3 Å². The first kappa shape index (κ1) is 15.7. The van der Waals surface area contributed by atoms with Crippen molar-refractivity contribution in [3.8, 4) is 0 Å². The minimum atomic E-state index is -0.465. The summed E-state index contributed by atoms with van der Waals surface area (Å²) in [5.74, 6) is 0.934. The Morgan fingerprint density at radius 3 is 2.65 bits per heavy atom. The van der Waals surface area contributed by atoms with Gasteiger partial charge in [0.1, 0.15) is 12.3 Å². The van der Waals surface area contributed by atoms with E-state index in [0.29, 0.717) is 11.6 Å². The standard InChI is InChI=1S/C18H23N3O2/c1-12-7-9-14(10-8-12)20-17(22)15-11-23-18(21-15)16(19)13-5-3-2-4-6-13/h2-6,11-12,14,16H,7-10,19H2,1H3,(H,20,22). The quantitative estimate of drug-likeness (QED) is 0.909. The fraction of sp³-hybridized carbons (Fsp3) is 0.444. The van der Waals surface area contributed by atoms with E-state index in [2.05, 4.69) is 17.2 Å². The largest absolute Gasteiger partial charge is 0.446 e.